The number of carboxylic acid groups (broad SMARTS) is 1. The van der Waals surface area contributed by atoms with E-state index in [1.54, 1.807) is 0 Å². The van der Waals surface area contributed by atoms with Gasteiger partial charge in [0.05, 0.1) is 12.6 Å². The molecule has 0 saturated carbocycles. The summed E-state index contributed by atoms with van der Waals surface area (Å²) < 4.78 is 10.7. The van der Waals surface area contributed by atoms with E-state index in [9.17, 15) is 9.90 Å². The summed E-state index contributed by atoms with van der Waals surface area (Å²) in [6.07, 6.45) is -1.06. The van der Waals surface area contributed by atoms with Crippen LogP contribution in [0.25, 0.3) is 0 Å². The van der Waals surface area contributed by atoms with Crippen LogP contribution in [0.4, 0.5) is 0 Å². The van der Waals surface area contributed by atoms with Gasteiger partial charge in [-0.3, -0.25) is 0 Å². The Labute approximate surface area is 141 Å². The van der Waals surface area contributed by atoms with E-state index in [4.69, 9.17) is 9.16 Å². The molecule has 1 aliphatic rings. The van der Waals surface area contributed by atoms with Crippen molar-refractivity contribution in [2.45, 2.75) is 51.1 Å². The first-order valence-corrected chi connectivity index (χ1v) is 8.06. The van der Waals surface area contributed by atoms with Crippen LogP contribution in [0, 0.1) is 0 Å². The molecule has 1 aliphatic heterocycles. The Morgan fingerprint density at radius 2 is 1.94 bits per heavy atom. The van der Waals surface area contributed by atoms with E-state index in [2.05, 4.69) is 33.9 Å². The van der Waals surface area contributed by atoms with Crippen LogP contribution in [0.1, 0.15) is 20.8 Å². The molecule has 0 radical (unpaired) electrons. The zero-order valence-corrected chi connectivity index (χ0v) is 15.1. The Hall–Kier alpha value is 1.24. The van der Waals surface area contributed by atoms with E-state index in [0.29, 0.717) is 6.61 Å². The molecule has 0 N–H and O–H groups in total. The molecule has 6 heteroatoms. The third-order valence-electron chi connectivity index (χ3n) is 3.23. The third kappa shape index (κ3) is 4.49. The van der Waals surface area contributed by atoms with Crippen LogP contribution >= 0.6 is 0 Å². The molecule has 0 unspecified atom stereocenters. The first kappa shape index (κ1) is 17.2. The van der Waals surface area contributed by atoms with Crippen molar-refractivity contribution in [2.75, 3.05) is 6.61 Å². The Morgan fingerprint density at radius 1 is 1.44 bits per heavy atom. The Bertz CT molecular complexity index is 262. The zero-order chi connectivity index (χ0) is 11.9. The minimum absolute atomic E-state index is 0. The van der Waals surface area contributed by atoms with Crippen LogP contribution in [0.15, 0.2) is 0 Å². The third-order valence-corrected chi connectivity index (χ3v) is 7.73. The number of aliphatic carboxylic acids is 1. The maximum Gasteiger partial charge on any atom is 1.00 e. The standard InChI is InChI=1S/C10H20O4Si.K/c1-10(2,3)15(4,5)13-6-7-8(14-7)9(11)12;/h7-8H,6H2,1-5H3,(H,11,12);/q;+1/p-1/t7-,8+;/m0./s1. The first-order chi connectivity index (χ1) is 6.65. The summed E-state index contributed by atoms with van der Waals surface area (Å²) in [4.78, 5) is 10.4. The van der Waals surface area contributed by atoms with Crippen molar-refractivity contribution >= 4 is 14.3 Å². The van der Waals surface area contributed by atoms with Crippen LogP contribution in [-0.4, -0.2) is 33.1 Å². The summed E-state index contributed by atoms with van der Waals surface area (Å²) in [5.41, 5.74) is 0. The fourth-order valence-corrected chi connectivity index (χ4v) is 2.00. The summed E-state index contributed by atoms with van der Waals surface area (Å²) in [6.45, 7) is 11.1. The predicted molar refractivity (Wildman–Crippen MR) is 56.8 cm³/mol. The van der Waals surface area contributed by atoms with Crippen molar-refractivity contribution in [3.63, 3.8) is 0 Å². The summed E-state index contributed by atoms with van der Waals surface area (Å²) in [5.74, 6) is -1.14. The number of carbonyl (C=O) groups is 1. The molecule has 1 rings (SSSR count). The van der Waals surface area contributed by atoms with Gasteiger partial charge in [0, 0.05) is 0 Å². The number of hydrogen-bond acceptors (Lipinski definition) is 4. The molecule has 1 fully saturated rings. The SMILES string of the molecule is CC(C)(C)[Si](C)(C)OC[C@@H]1O[C@H]1C(=O)[O-].[K+]. The molecule has 0 spiro atoms. The van der Waals surface area contributed by atoms with Gasteiger partial charge >= 0.3 is 51.4 Å². The largest absolute Gasteiger partial charge is 1.00 e. The fourth-order valence-electron chi connectivity index (χ4n) is 0.984. The van der Waals surface area contributed by atoms with Gasteiger partial charge in [0.2, 0.25) is 0 Å². The number of carboxylic acids is 1. The van der Waals surface area contributed by atoms with Gasteiger partial charge < -0.3 is 19.1 Å². The van der Waals surface area contributed by atoms with Gasteiger partial charge in [-0.25, -0.2) is 0 Å². The van der Waals surface area contributed by atoms with Crippen LogP contribution < -0.4 is 56.5 Å². The minimum Gasteiger partial charge on any atom is -0.547 e. The molecular formula is C10H19KO4Si. The Morgan fingerprint density at radius 3 is 2.25 bits per heavy atom. The zero-order valence-electron chi connectivity index (χ0n) is 11.0. The molecule has 1 heterocycles. The average molecular weight is 270 g/mol. The monoisotopic (exact) mass is 270 g/mol. The molecule has 0 aliphatic carbocycles. The van der Waals surface area contributed by atoms with Gasteiger partial charge in [-0.05, 0) is 18.1 Å². The quantitative estimate of drug-likeness (QED) is 0.420. The van der Waals surface area contributed by atoms with Gasteiger partial charge in [-0.15, -0.1) is 0 Å². The van der Waals surface area contributed by atoms with E-state index in [0.717, 1.165) is 0 Å². The Kier molecular flexibility index (Phi) is 6.38. The van der Waals surface area contributed by atoms with E-state index in [1.807, 2.05) is 0 Å². The van der Waals surface area contributed by atoms with Crippen molar-refractivity contribution in [3.05, 3.63) is 0 Å². The average Bonchev–Trinajstić information content (AvgIpc) is 2.77. The summed E-state index contributed by atoms with van der Waals surface area (Å²) >= 11 is 0. The van der Waals surface area contributed by atoms with Crippen LogP contribution in [-0.2, 0) is 14.0 Å². The predicted octanol–water partition coefficient (Wildman–Crippen LogP) is -2.47. The van der Waals surface area contributed by atoms with Crippen molar-refractivity contribution in [2.24, 2.45) is 0 Å². The van der Waals surface area contributed by atoms with Crippen LogP contribution in [0.5, 0.6) is 0 Å². The molecule has 88 valence electrons. The second-order valence-corrected chi connectivity index (χ2v) is 10.3. The molecule has 0 amide bonds. The Balaban J connectivity index is 0.00000225. The van der Waals surface area contributed by atoms with Crippen molar-refractivity contribution in [1.82, 2.24) is 0 Å². The molecule has 4 nitrogen and oxygen atoms in total. The molecule has 1 saturated heterocycles. The van der Waals surface area contributed by atoms with E-state index < -0.39 is 20.4 Å². The van der Waals surface area contributed by atoms with E-state index in [-0.39, 0.29) is 62.5 Å². The van der Waals surface area contributed by atoms with Gasteiger partial charge in [-0.1, -0.05) is 20.8 Å². The number of carbonyl (C=O) groups excluding carboxylic acids is 1. The fraction of sp³-hybridized carbons (Fsp3) is 0.900. The van der Waals surface area contributed by atoms with Crippen LogP contribution in [0.3, 0.4) is 0 Å². The number of epoxide rings is 1. The van der Waals surface area contributed by atoms with E-state index in [1.165, 1.54) is 0 Å². The smallest absolute Gasteiger partial charge is 0.547 e. The van der Waals surface area contributed by atoms with Gasteiger partial charge in [-0.2, -0.15) is 0 Å². The van der Waals surface area contributed by atoms with Gasteiger partial charge in [0.1, 0.15) is 12.2 Å². The molecule has 0 bridgehead atoms. The summed E-state index contributed by atoms with van der Waals surface area (Å²) in [6, 6.07) is 0. The summed E-state index contributed by atoms with van der Waals surface area (Å²) in [7, 11) is -1.79. The molecule has 0 aromatic carbocycles. The maximum atomic E-state index is 10.4. The van der Waals surface area contributed by atoms with Crippen molar-refractivity contribution in [3.8, 4) is 0 Å². The summed E-state index contributed by atoms with van der Waals surface area (Å²) in [5, 5.41) is 10.6. The molecule has 16 heavy (non-hydrogen) atoms. The maximum absolute atomic E-state index is 10.4. The number of hydrogen-bond donors (Lipinski definition) is 0. The van der Waals surface area contributed by atoms with Crippen molar-refractivity contribution in [1.29, 1.82) is 0 Å². The number of ether oxygens (including phenoxy) is 1. The minimum atomic E-state index is -1.79. The van der Waals surface area contributed by atoms with Gasteiger partial charge in [0.25, 0.3) is 0 Å². The molecule has 0 aromatic heterocycles. The number of rotatable bonds is 4. The normalized spacial score (nSPS) is 24.8. The van der Waals surface area contributed by atoms with Gasteiger partial charge in [0.15, 0.2) is 8.32 Å². The molecule has 0 aromatic rings. The molecule has 2 atom stereocenters. The van der Waals surface area contributed by atoms with E-state index >= 15 is 0 Å². The van der Waals surface area contributed by atoms with Crippen molar-refractivity contribution < 1.29 is 70.4 Å². The second kappa shape index (κ2) is 5.92. The second-order valence-electron chi connectivity index (χ2n) is 5.49. The van der Waals surface area contributed by atoms with Crippen LogP contribution in [0.2, 0.25) is 18.1 Å². The first-order valence-electron chi connectivity index (χ1n) is 5.15. The molecular weight excluding hydrogens is 251 g/mol. The topological polar surface area (TPSA) is 61.9 Å².